The van der Waals surface area contributed by atoms with Gasteiger partial charge in [0.2, 0.25) is 0 Å². The predicted molar refractivity (Wildman–Crippen MR) is 60.7 cm³/mol. The third-order valence-electron chi connectivity index (χ3n) is 2.31. The maximum atomic E-state index is 10.4. The molecule has 0 saturated heterocycles. The fourth-order valence-electron chi connectivity index (χ4n) is 1.37. The minimum atomic E-state index is -1.37. The van der Waals surface area contributed by atoms with Gasteiger partial charge < -0.3 is 21.1 Å². The first-order valence-corrected chi connectivity index (χ1v) is 4.94. The standard InChI is InChI=1S/C11H14N2O4/c12-11(13)7-3-1-6(2-4-7)10(17)8(14)5-9(15)16/h1-4,8,10,14,17H,5H2,(H3,12,13)(H,15,16). The van der Waals surface area contributed by atoms with Crippen LogP contribution in [0.15, 0.2) is 24.3 Å². The summed E-state index contributed by atoms with van der Waals surface area (Å²) in [5, 5.41) is 34.8. The average molecular weight is 238 g/mol. The van der Waals surface area contributed by atoms with E-state index in [1.54, 1.807) is 0 Å². The van der Waals surface area contributed by atoms with E-state index in [-0.39, 0.29) is 5.84 Å². The SMILES string of the molecule is N=C(N)c1ccc(C(O)C(O)CC(=O)O)cc1. The number of aliphatic hydroxyl groups is 2. The number of nitrogen functional groups attached to an aromatic ring is 1. The van der Waals surface area contributed by atoms with Crippen LogP contribution in [0.2, 0.25) is 0 Å². The molecule has 1 aromatic carbocycles. The molecule has 0 heterocycles. The van der Waals surface area contributed by atoms with Crippen molar-refractivity contribution in [1.29, 1.82) is 5.41 Å². The maximum Gasteiger partial charge on any atom is 0.306 e. The Morgan fingerprint density at radius 3 is 2.24 bits per heavy atom. The summed E-state index contributed by atoms with van der Waals surface area (Å²) < 4.78 is 0. The van der Waals surface area contributed by atoms with Gasteiger partial charge in [0.1, 0.15) is 11.9 Å². The zero-order valence-corrected chi connectivity index (χ0v) is 9.00. The topological polar surface area (TPSA) is 128 Å². The molecule has 0 aliphatic heterocycles. The molecule has 0 aromatic heterocycles. The average Bonchev–Trinajstić information content (AvgIpc) is 2.27. The van der Waals surface area contributed by atoms with Gasteiger partial charge in [-0.2, -0.15) is 0 Å². The zero-order chi connectivity index (χ0) is 13.0. The van der Waals surface area contributed by atoms with Gasteiger partial charge >= 0.3 is 5.97 Å². The largest absolute Gasteiger partial charge is 0.481 e. The van der Waals surface area contributed by atoms with Gasteiger partial charge in [-0.1, -0.05) is 24.3 Å². The van der Waals surface area contributed by atoms with E-state index in [1.165, 1.54) is 24.3 Å². The number of amidine groups is 1. The van der Waals surface area contributed by atoms with Gasteiger partial charge in [-0.25, -0.2) is 0 Å². The van der Waals surface area contributed by atoms with Gasteiger partial charge in [0.05, 0.1) is 12.5 Å². The highest BCUT2D eigenvalue weighted by Crippen LogP contribution is 2.19. The van der Waals surface area contributed by atoms with Crippen LogP contribution in [0, 0.1) is 5.41 Å². The number of hydrogen-bond acceptors (Lipinski definition) is 4. The zero-order valence-electron chi connectivity index (χ0n) is 9.00. The molecule has 2 unspecified atom stereocenters. The van der Waals surface area contributed by atoms with Crippen LogP contribution < -0.4 is 5.73 Å². The lowest BCUT2D eigenvalue weighted by atomic mass is 10.0. The quantitative estimate of drug-likeness (QED) is 0.359. The molecule has 17 heavy (non-hydrogen) atoms. The number of carboxylic acids is 1. The van der Waals surface area contributed by atoms with Crippen molar-refractivity contribution >= 4 is 11.8 Å². The molecule has 0 amide bonds. The van der Waals surface area contributed by atoms with Gasteiger partial charge in [-0.05, 0) is 5.56 Å². The summed E-state index contributed by atoms with van der Waals surface area (Å²) >= 11 is 0. The van der Waals surface area contributed by atoms with Crippen LogP contribution in [0.25, 0.3) is 0 Å². The maximum absolute atomic E-state index is 10.4. The van der Waals surface area contributed by atoms with Crippen molar-refractivity contribution in [2.45, 2.75) is 18.6 Å². The lowest BCUT2D eigenvalue weighted by Gasteiger charge is -2.16. The highest BCUT2D eigenvalue weighted by molar-refractivity contribution is 5.94. The van der Waals surface area contributed by atoms with Crippen molar-refractivity contribution in [3.8, 4) is 0 Å². The summed E-state index contributed by atoms with van der Waals surface area (Å²) in [6.07, 6.45) is -3.17. The van der Waals surface area contributed by atoms with Crippen LogP contribution in [-0.4, -0.2) is 33.2 Å². The molecule has 0 saturated carbocycles. The Labute approximate surface area is 97.8 Å². The molecule has 2 atom stereocenters. The number of nitrogens with one attached hydrogen (secondary N) is 1. The normalized spacial score (nSPS) is 14.0. The second kappa shape index (κ2) is 5.42. The van der Waals surface area contributed by atoms with E-state index in [9.17, 15) is 15.0 Å². The lowest BCUT2D eigenvalue weighted by Crippen LogP contribution is -2.22. The summed E-state index contributed by atoms with van der Waals surface area (Å²) in [4.78, 5) is 10.4. The Balaban J connectivity index is 2.78. The first-order valence-electron chi connectivity index (χ1n) is 4.94. The molecule has 0 radical (unpaired) electrons. The van der Waals surface area contributed by atoms with Crippen molar-refractivity contribution in [2.24, 2.45) is 5.73 Å². The molecule has 0 aliphatic rings. The minimum absolute atomic E-state index is 0.0999. The fraction of sp³-hybridized carbons (Fsp3) is 0.273. The van der Waals surface area contributed by atoms with E-state index in [0.29, 0.717) is 11.1 Å². The molecule has 0 spiro atoms. The fourth-order valence-corrected chi connectivity index (χ4v) is 1.37. The highest BCUT2D eigenvalue weighted by Gasteiger charge is 2.20. The summed E-state index contributed by atoms with van der Waals surface area (Å²) in [6.45, 7) is 0. The predicted octanol–water partition coefficient (Wildman–Crippen LogP) is -0.160. The van der Waals surface area contributed by atoms with E-state index in [1.807, 2.05) is 0 Å². The van der Waals surface area contributed by atoms with Crippen molar-refractivity contribution in [3.05, 3.63) is 35.4 Å². The van der Waals surface area contributed by atoms with E-state index in [2.05, 4.69) is 0 Å². The van der Waals surface area contributed by atoms with Gasteiger partial charge in [-0.15, -0.1) is 0 Å². The van der Waals surface area contributed by atoms with E-state index < -0.39 is 24.6 Å². The van der Waals surface area contributed by atoms with Crippen LogP contribution >= 0.6 is 0 Å². The number of aliphatic carboxylic acids is 1. The minimum Gasteiger partial charge on any atom is -0.481 e. The van der Waals surface area contributed by atoms with Crippen molar-refractivity contribution in [3.63, 3.8) is 0 Å². The number of hydrogen-bond donors (Lipinski definition) is 5. The second-order valence-corrected chi connectivity index (χ2v) is 3.65. The summed E-state index contributed by atoms with van der Waals surface area (Å²) in [6, 6.07) is 6.03. The van der Waals surface area contributed by atoms with Crippen LogP contribution in [0.1, 0.15) is 23.7 Å². The van der Waals surface area contributed by atoms with E-state index in [4.69, 9.17) is 16.2 Å². The Hall–Kier alpha value is -1.92. The molecular weight excluding hydrogens is 224 g/mol. The third-order valence-corrected chi connectivity index (χ3v) is 2.31. The second-order valence-electron chi connectivity index (χ2n) is 3.65. The third kappa shape index (κ3) is 3.54. The summed E-state index contributed by atoms with van der Waals surface area (Å²) in [7, 11) is 0. The molecule has 6 nitrogen and oxygen atoms in total. The lowest BCUT2D eigenvalue weighted by molar-refractivity contribution is -0.141. The highest BCUT2D eigenvalue weighted by atomic mass is 16.4. The number of benzene rings is 1. The van der Waals surface area contributed by atoms with Crippen molar-refractivity contribution in [1.82, 2.24) is 0 Å². The van der Waals surface area contributed by atoms with Crippen LogP contribution in [0.4, 0.5) is 0 Å². The first-order chi connectivity index (χ1) is 7.91. The van der Waals surface area contributed by atoms with Gasteiger partial charge in [0.15, 0.2) is 0 Å². The van der Waals surface area contributed by atoms with Gasteiger partial charge in [-0.3, -0.25) is 10.2 Å². The summed E-state index contributed by atoms with van der Waals surface area (Å²) in [5.74, 6) is -1.28. The molecule has 0 bridgehead atoms. The Morgan fingerprint density at radius 2 is 1.82 bits per heavy atom. The Bertz CT molecular complexity index is 416. The molecule has 6 N–H and O–H groups in total. The number of aliphatic hydroxyl groups excluding tert-OH is 2. The number of carboxylic acid groups (broad SMARTS) is 1. The molecule has 1 aromatic rings. The van der Waals surface area contributed by atoms with Gasteiger partial charge in [0, 0.05) is 5.56 Å². The smallest absolute Gasteiger partial charge is 0.306 e. The Morgan fingerprint density at radius 1 is 1.29 bits per heavy atom. The van der Waals surface area contributed by atoms with E-state index in [0.717, 1.165) is 0 Å². The molecule has 92 valence electrons. The van der Waals surface area contributed by atoms with Crippen molar-refractivity contribution < 1.29 is 20.1 Å². The molecule has 6 heteroatoms. The summed E-state index contributed by atoms with van der Waals surface area (Å²) in [5.41, 5.74) is 6.13. The first kappa shape index (κ1) is 13.1. The van der Waals surface area contributed by atoms with E-state index >= 15 is 0 Å². The molecule has 0 aliphatic carbocycles. The monoisotopic (exact) mass is 238 g/mol. The molecule has 0 fully saturated rings. The number of carbonyl (C=O) groups is 1. The number of rotatable bonds is 5. The van der Waals surface area contributed by atoms with Crippen LogP contribution in [0.3, 0.4) is 0 Å². The number of nitrogens with two attached hydrogens (primary N) is 1. The van der Waals surface area contributed by atoms with Crippen LogP contribution in [-0.2, 0) is 4.79 Å². The molecule has 1 rings (SSSR count). The van der Waals surface area contributed by atoms with Crippen molar-refractivity contribution in [2.75, 3.05) is 0 Å². The molecular formula is C11H14N2O4. The Kier molecular flexibility index (Phi) is 4.19. The van der Waals surface area contributed by atoms with Gasteiger partial charge in [0.25, 0.3) is 0 Å². The van der Waals surface area contributed by atoms with Crippen LogP contribution in [0.5, 0.6) is 0 Å².